The molecule has 0 spiro atoms. The van der Waals surface area contributed by atoms with E-state index in [1.807, 2.05) is 21.1 Å². The SMILES string of the molecule is CC/C=C\C/C=C\C/C=C\C/C=C\C/C=C\C/C=C\CCCCCCCCCCCCCCCCC(=O)OC(COC(=O)CCCCCCCCCCCCCCCCCCCCCCCC/C=C\C/C=C\C/C=C\C/C=C\CC)COP(=O)(O)OCC[N+](C)(C)C. The smallest absolute Gasteiger partial charge is 0.462 e. The van der Waals surface area contributed by atoms with Crippen LogP contribution in [0.4, 0.5) is 0 Å². The van der Waals surface area contributed by atoms with Crippen molar-refractivity contribution in [3.8, 4) is 0 Å². The van der Waals surface area contributed by atoms with Crippen LogP contribution in [0.2, 0.25) is 0 Å². The van der Waals surface area contributed by atoms with Crippen LogP contribution in [0.5, 0.6) is 0 Å². The fraction of sp³-hybridized carbons (Fsp3) is 0.732. The average molecular weight is 1300 g/mol. The molecule has 0 aromatic heterocycles. The van der Waals surface area contributed by atoms with E-state index in [0.717, 1.165) is 103 Å². The summed E-state index contributed by atoms with van der Waals surface area (Å²) in [7, 11) is 1.48. The third-order valence-corrected chi connectivity index (χ3v) is 17.5. The topological polar surface area (TPSA) is 108 Å². The first-order valence-corrected chi connectivity index (χ1v) is 39.8. The first-order valence-electron chi connectivity index (χ1n) is 38.3. The number of rotatable bonds is 70. The van der Waals surface area contributed by atoms with E-state index in [0.29, 0.717) is 17.4 Å². The minimum atomic E-state index is -4.40. The van der Waals surface area contributed by atoms with Crippen LogP contribution in [0.25, 0.3) is 0 Å². The Balaban J connectivity index is 3.98. The van der Waals surface area contributed by atoms with Gasteiger partial charge < -0.3 is 18.9 Å². The third-order valence-electron chi connectivity index (χ3n) is 16.5. The molecule has 0 bridgehead atoms. The Morgan fingerprint density at radius 1 is 0.337 bits per heavy atom. The zero-order chi connectivity index (χ0) is 66.9. The van der Waals surface area contributed by atoms with E-state index in [1.54, 1.807) is 0 Å². The molecule has 9 nitrogen and oxygen atoms in total. The van der Waals surface area contributed by atoms with Crippen molar-refractivity contribution < 1.29 is 42.1 Å². The number of esters is 2. The summed E-state index contributed by atoms with van der Waals surface area (Å²) in [6.45, 7) is 4.24. The van der Waals surface area contributed by atoms with Crippen LogP contribution in [-0.4, -0.2) is 74.9 Å². The fourth-order valence-corrected chi connectivity index (χ4v) is 11.5. The van der Waals surface area contributed by atoms with E-state index in [-0.39, 0.29) is 32.0 Å². The van der Waals surface area contributed by atoms with Gasteiger partial charge in [-0.25, -0.2) is 4.57 Å². The number of hydrogen-bond donors (Lipinski definition) is 1. The predicted molar refractivity (Wildman–Crippen MR) is 399 cm³/mol. The second-order valence-electron chi connectivity index (χ2n) is 26.6. The van der Waals surface area contributed by atoms with Gasteiger partial charge in [-0.3, -0.25) is 18.6 Å². The van der Waals surface area contributed by atoms with E-state index in [9.17, 15) is 19.0 Å². The number of likely N-dealkylation sites (N-methyl/N-ethyl adjacent to an activating group) is 1. The van der Waals surface area contributed by atoms with Crippen molar-refractivity contribution in [3.63, 3.8) is 0 Å². The van der Waals surface area contributed by atoms with Gasteiger partial charge in [-0.2, -0.15) is 0 Å². The first-order chi connectivity index (χ1) is 45.0. The Bertz CT molecular complexity index is 1970. The van der Waals surface area contributed by atoms with Gasteiger partial charge in [-0.05, 0) is 103 Å². The zero-order valence-corrected chi connectivity index (χ0v) is 61.4. The summed E-state index contributed by atoms with van der Waals surface area (Å²) in [6.07, 6.45) is 103. The number of allylic oxidation sites excluding steroid dienone is 20. The number of phosphoric acid groups is 1. The van der Waals surface area contributed by atoms with Gasteiger partial charge in [0.05, 0.1) is 27.7 Å². The van der Waals surface area contributed by atoms with E-state index in [4.69, 9.17) is 18.5 Å². The lowest BCUT2D eigenvalue weighted by atomic mass is 10.0. The number of quaternary nitrogens is 1. The molecule has 530 valence electrons. The molecule has 2 atom stereocenters. The maximum absolute atomic E-state index is 12.9. The molecule has 0 aromatic rings. The van der Waals surface area contributed by atoms with Crippen molar-refractivity contribution in [1.29, 1.82) is 0 Å². The van der Waals surface area contributed by atoms with Gasteiger partial charge in [-0.15, -0.1) is 0 Å². The van der Waals surface area contributed by atoms with Crippen molar-refractivity contribution in [3.05, 3.63) is 122 Å². The first kappa shape index (κ1) is 88.4. The van der Waals surface area contributed by atoms with Gasteiger partial charge in [-0.1, -0.05) is 341 Å². The zero-order valence-electron chi connectivity index (χ0n) is 60.5. The lowest BCUT2D eigenvalue weighted by molar-refractivity contribution is -0.870. The molecule has 0 saturated heterocycles. The molecular formula is C82H145NO8P+. The predicted octanol–water partition coefficient (Wildman–Crippen LogP) is 25.4. The van der Waals surface area contributed by atoms with Crippen LogP contribution < -0.4 is 0 Å². The Morgan fingerprint density at radius 2 is 0.587 bits per heavy atom. The van der Waals surface area contributed by atoms with E-state index >= 15 is 0 Å². The van der Waals surface area contributed by atoms with Gasteiger partial charge in [0, 0.05) is 12.8 Å². The molecule has 0 aliphatic rings. The molecule has 0 aliphatic carbocycles. The number of unbranched alkanes of at least 4 members (excludes halogenated alkanes) is 36. The average Bonchev–Trinajstić information content (AvgIpc) is 2.23. The quantitative estimate of drug-likeness (QED) is 0.0211. The maximum Gasteiger partial charge on any atom is 0.472 e. The van der Waals surface area contributed by atoms with Crippen LogP contribution in [0, 0.1) is 0 Å². The third kappa shape index (κ3) is 75.4. The van der Waals surface area contributed by atoms with Crippen LogP contribution in [0.1, 0.15) is 335 Å². The summed E-state index contributed by atoms with van der Waals surface area (Å²) in [5.41, 5.74) is 0. The molecule has 0 aromatic carbocycles. The van der Waals surface area contributed by atoms with Crippen molar-refractivity contribution in [1.82, 2.24) is 0 Å². The number of ether oxygens (including phenoxy) is 2. The molecule has 0 amide bonds. The second kappa shape index (κ2) is 71.7. The molecule has 0 fully saturated rings. The molecule has 0 radical (unpaired) electrons. The Morgan fingerprint density at radius 3 is 0.870 bits per heavy atom. The van der Waals surface area contributed by atoms with Gasteiger partial charge in [0.15, 0.2) is 6.10 Å². The largest absolute Gasteiger partial charge is 0.472 e. The van der Waals surface area contributed by atoms with Crippen molar-refractivity contribution >= 4 is 19.8 Å². The lowest BCUT2D eigenvalue weighted by Crippen LogP contribution is -2.37. The van der Waals surface area contributed by atoms with Crippen molar-refractivity contribution in [2.75, 3.05) is 47.5 Å². The molecule has 0 heterocycles. The second-order valence-corrected chi connectivity index (χ2v) is 28.1. The number of nitrogens with zero attached hydrogens (tertiary/aromatic N) is 1. The van der Waals surface area contributed by atoms with Gasteiger partial charge in [0.2, 0.25) is 0 Å². The standard InChI is InChI=1S/C82H144NO8P/c1-6-8-10-12-14-16-18-20-22-24-26-28-30-32-34-36-38-40-41-43-44-46-48-50-52-54-56-58-60-62-64-66-68-70-72-74-81(84)88-78-80(79-90-92(86,87)89-77-76-83(3,4)5)91-82(85)75-73-71-69-67-65-63-61-59-57-55-53-51-49-47-45-42-39-37-35-33-31-29-27-25-23-21-19-17-15-13-11-9-7-2/h8-11,14-17,20-23,26-29,33,35,39,42,80H,6-7,12-13,18-19,24-25,30-32,34,36-38,40-41,43-79H2,1-5H3/p+1/b10-8-,11-9-,16-14-,17-15-,22-20-,23-21-,28-26-,29-27-,35-33-,42-39-. The molecule has 92 heavy (non-hydrogen) atoms. The molecular weight excluding hydrogens is 1160 g/mol. The summed E-state index contributed by atoms with van der Waals surface area (Å²) < 4.78 is 34.8. The molecule has 0 saturated carbocycles. The van der Waals surface area contributed by atoms with E-state index in [1.165, 1.54) is 199 Å². The number of phosphoric ester groups is 1. The summed E-state index contributed by atoms with van der Waals surface area (Å²) in [5, 5.41) is 0. The van der Waals surface area contributed by atoms with Gasteiger partial charge >= 0.3 is 19.8 Å². The Labute approximate surface area is 568 Å². The van der Waals surface area contributed by atoms with E-state index in [2.05, 4.69) is 135 Å². The number of carbonyl (C=O) groups excluding carboxylic acids is 2. The van der Waals surface area contributed by atoms with Crippen LogP contribution >= 0.6 is 7.82 Å². The van der Waals surface area contributed by atoms with Crippen LogP contribution in [0.3, 0.4) is 0 Å². The number of hydrogen-bond acceptors (Lipinski definition) is 7. The van der Waals surface area contributed by atoms with Gasteiger partial charge in [0.1, 0.15) is 19.8 Å². The highest BCUT2D eigenvalue weighted by atomic mass is 31.2. The highest BCUT2D eigenvalue weighted by molar-refractivity contribution is 7.47. The van der Waals surface area contributed by atoms with Gasteiger partial charge in [0.25, 0.3) is 0 Å². The maximum atomic E-state index is 12.9. The summed E-state index contributed by atoms with van der Waals surface area (Å²) in [6, 6.07) is 0. The number of carbonyl (C=O) groups is 2. The summed E-state index contributed by atoms with van der Waals surface area (Å²) in [5.74, 6) is -0.788. The van der Waals surface area contributed by atoms with Crippen LogP contribution in [0.15, 0.2) is 122 Å². The molecule has 0 rings (SSSR count). The molecule has 10 heteroatoms. The van der Waals surface area contributed by atoms with Crippen LogP contribution in [-0.2, 0) is 32.7 Å². The highest BCUT2D eigenvalue weighted by Gasteiger charge is 2.27. The molecule has 2 unspecified atom stereocenters. The highest BCUT2D eigenvalue weighted by Crippen LogP contribution is 2.43. The minimum Gasteiger partial charge on any atom is -0.462 e. The normalized spacial score (nSPS) is 13.8. The lowest BCUT2D eigenvalue weighted by Gasteiger charge is -2.24. The summed E-state index contributed by atoms with van der Waals surface area (Å²) >= 11 is 0. The van der Waals surface area contributed by atoms with E-state index < -0.39 is 26.5 Å². The molecule has 1 N–H and O–H groups in total. The molecule has 0 aliphatic heterocycles. The Hall–Kier alpha value is -3.59. The minimum absolute atomic E-state index is 0.0293. The van der Waals surface area contributed by atoms with Crippen molar-refractivity contribution in [2.24, 2.45) is 0 Å². The summed E-state index contributed by atoms with van der Waals surface area (Å²) in [4.78, 5) is 36.0. The monoisotopic (exact) mass is 1300 g/mol. The Kier molecular flexibility index (Phi) is 68.9. The van der Waals surface area contributed by atoms with Crippen molar-refractivity contribution in [2.45, 2.75) is 341 Å². The fourth-order valence-electron chi connectivity index (χ4n) is 10.7.